The zero-order chi connectivity index (χ0) is 31.9. The van der Waals surface area contributed by atoms with Gasteiger partial charge in [0.1, 0.15) is 0 Å². The largest absolute Gasteiger partial charge is 0.440 e. The molecule has 0 aromatic heterocycles. The van der Waals surface area contributed by atoms with E-state index in [4.69, 9.17) is 24.7 Å². The Morgan fingerprint density at radius 3 is 1.29 bits per heavy atom. The smallest absolute Gasteiger partial charge is 0.317 e. The zero-order valence-electron chi connectivity index (χ0n) is 28.6. The quantitative estimate of drug-likeness (QED) is 0.145. The fraction of sp³-hybridized carbons (Fsp3) is 0.586. The summed E-state index contributed by atoms with van der Waals surface area (Å²) in [6.07, 6.45) is 1.92. The summed E-state index contributed by atoms with van der Waals surface area (Å²) in [6.45, 7) is 28.4. The Kier molecular flexibility index (Phi) is 13.8. The van der Waals surface area contributed by atoms with Crippen molar-refractivity contribution in [1.82, 2.24) is 0 Å². The van der Waals surface area contributed by atoms with E-state index < -0.39 is 60.2 Å². The highest BCUT2D eigenvalue weighted by Gasteiger charge is 2.49. The van der Waals surface area contributed by atoms with Crippen LogP contribution in [0.5, 0.6) is 0 Å². The van der Waals surface area contributed by atoms with Crippen molar-refractivity contribution in [2.24, 2.45) is 0 Å². The summed E-state index contributed by atoms with van der Waals surface area (Å²) in [5, 5.41) is 0. The Bertz CT molecular complexity index is 1080. The molecule has 0 saturated heterocycles. The molecule has 0 N–H and O–H groups in total. The third kappa shape index (κ3) is 15.1. The molecule has 0 amide bonds. The molecular weight excluding hydrogens is 641 g/mol. The molecule has 0 fully saturated rings. The molecule has 1 atom stereocenters. The molecule has 0 aliphatic rings. The summed E-state index contributed by atoms with van der Waals surface area (Å²) in [5.41, 5.74) is 2.65. The molecule has 238 valence electrons. The number of hydrogen-bond acceptors (Lipinski definition) is 6. The average Bonchev–Trinajstić information content (AvgIpc) is 2.79. The fourth-order valence-electron chi connectivity index (χ4n) is 5.82. The van der Waals surface area contributed by atoms with E-state index in [2.05, 4.69) is 146 Å². The zero-order valence-corrected chi connectivity index (χ0v) is 35.8. The molecular formula is C29H58O6Si7. The van der Waals surface area contributed by atoms with Crippen molar-refractivity contribution in [3.05, 3.63) is 71.8 Å². The maximum atomic E-state index is 7.10. The Balaban J connectivity index is 2.18. The van der Waals surface area contributed by atoms with Gasteiger partial charge in [-0.25, -0.2) is 0 Å². The van der Waals surface area contributed by atoms with Crippen molar-refractivity contribution in [1.29, 1.82) is 0 Å². The highest BCUT2D eigenvalue weighted by molar-refractivity contribution is 6.91. The number of benzene rings is 2. The molecule has 2 rings (SSSR count). The SMILES string of the molecule is C[SiH](C)O[Si](C)(C)O[Si](C)(C)O[Si](C)(CCc1ccccc1)O[Si](C)(C)O[Si](C)(C)O[Si](C)(C)CCc1ccccc1. The van der Waals surface area contributed by atoms with Crippen LogP contribution in [0.2, 0.25) is 97.2 Å². The molecule has 42 heavy (non-hydrogen) atoms. The first-order valence-electron chi connectivity index (χ1n) is 15.4. The second-order valence-corrected chi connectivity index (χ2v) is 39.2. The number of aryl methyl sites for hydroxylation is 2. The summed E-state index contributed by atoms with van der Waals surface area (Å²) in [5.74, 6) is 0. The van der Waals surface area contributed by atoms with Gasteiger partial charge in [0.25, 0.3) is 0 Å². The molecule has 0 saturated carbocycles. The van der Waals surface area contributed by atoms with E-state index >= 15 is 0 Å². The van der Waals surface area contributed by atoms with E-state index in [0.29, 0.717) is 0 Å². The summed E-state index contributed by atoms with van der Waals surface area (Å²) >= 11 is 0. The van der Waals surface area contributed by atoms with Crippen molar-refractivity contribution in [2.45, 2.75) is 110 Å². The van der Waals surface area contributed by atoms with Gasteiger partial charge < -0.3 is 24.7 Å². The van der Waals surface area contributed by atoms with Crippen LogP contribution in [-0.2, 0) is 37.5 Å². The molecule has 1 unspecified atom stereocenters. The lowest BCUT2D eigenvalue weighted by molar-refractivity contribution is 0.267. The number of rotatable bonds is 18. The molecule has 2 aromatic rings. The molecule has 2 aromatic carbocycles. The Labute approximate surface area is 265 Å². The predicted octanol–water partition coefficient (Wildman–Crippen LogP) is 8.64. The van der Waals surface area contributed by atoms with Crippen molar-refractivity contribution in [2.75, 3.05) is 0 Å². The van der Waals surface area contributed by atoms with Crippen LogP contribution < -0.4 is 0 Å². The molecule has 6 nitrogen and oxygen atoms in total. The van der Waals surface area contributed by atoms with E-state index in [-0.39, 0.29) is 0 Å². The maximum Gasteiger partial charge on any atom is 0.317 e. The maximum absolute atomic E-state index is 7.10. The highest BCUT2D eigenvalue weighted by Crippen LogP contribution is 2.31. The van der Waals surface area contributed by atoms with Gasteiger partial charge in [-0.1, -0.05) is 60.7 Å². The van der Waals surface area contributed by atoms with Crippen molar-refractivity contribution >= 4 is 60.2 Å². The minimum Gasteiger partial charge on any atom is -0.440 e. The molecule has 0 bridgehead atoms. The van der Waals surface area contributed by atoms with Crippen molar-refractivity contribution < 1.29 is 24.7 Å². The van der Waals surface area contributed by atoms with Crippen LogP contribution in [0.25, 0.3) is 0 Å². The van der Waals surface area contributed by atoms with Crippen molar-refractivity contribution in [3.63, 3.8) is 0 Å². The summed E-state index contributed by atoms with van der Waals surface area (Å²) in [6, 6.07) is 23.2. The van der Waals surface area contributed by atoms with Gasteiger partial charge in [0.05, 0.1) is 0 Å². The molecule has 0 aliphatic carbocycles. The second-order valence-electron chi connectivity index (χ2n) is 14.1. The lowest BCUT2D eigenvalue weighted by Crippen LogP contribution is -2.61. The summed E-state index contributed by atoms with van der Waals surface area (Å²) < 4.78 is 41.0. The Hall–Kier alpha value is -0.282. The average molecular weight is 699 g/mol. The van der Waals surface area contributed by atoms with Gasteiger partial charge in [0, 0.05) is 0 Å². The first-order chi connectivity index (χ1) is 19.1. The van der Waals surface area contributed by atoms with Crippen molar-refractivity contribution in [3.8, 4) is 0 Å². The minimum atomic E-state index is -2.73. The van der Waals surface area contributed by atoms with Crippen LogP contribution in [-0.4, -0.2) is 60.2 Å². The third-order valence-corrected chi connectivity index (χ3v) is 32.7. The van der Waals surface area contributed by atoms with Gasteiger partial charge in [-0.05, 0) is 121 Å². The molecule has 0 heterocycles. The lowest BCUT2D eigenvalue weighted by atomic mass is 10.2. The Morgan fingerprint density at radius 1 is 0.476 bits per heavy atom. The summed E-state index contributed by atoms with van der Waals surface area (Å²) in [7, 11) is -15.9. The first-order valence-corrected chi connectivity index (χ1v) is 35.1. The second kappa shape index (κ2) is 15.3. The predicted molar refractivity (Wildman–Crippen MR) is 194 cm³/mol. The Morgan fingerprint density at radius 2 is 0.857 bits per heavy atom. The van der Waals surface area contributed by atoms with E-state index in [1.807, 2.05) is 0 Å². The van der Waals surface area contributed by atoms with Gasteiger partial charge in [0.2, 0.25) is 0 Å². The summed E-state index contributed by atoms with van der Waals surface area (Å²) in [4.78, 5) is 0. The van der Waals surface area contributed by atoms with Gasteiger partial charge in [-0.15, -0.1) is 0 Å². The van der Waals surface area contributed by atoms with Crippen LogP contribution in [0, 0.1) is 0 Å². The normalized spacial score (nSPS) is 15.2. The lowest BCUT2D eigenvalue weighted by Gasteiger charge is -2.44. The number of hydrogen-bond donors (Lipinski definition) is 0. The van der Waals surface area contributed by atoms with Crippen LogP contribution in [0.3, 0.4) is 0 Å². The van der Waals surface area contributed by atoms with E-state index in [1.54, 1.807) is 0 Å². The monoisotopic (exact) mass is 698 g/mol. The molecule has 0 spiro atoms. The van der Waals surface area contributed by atoms with Gasteiger partial charge in [0.15, 0.2) is 17.4 Å². The third-order valence-electron chi connectivity index (χ3n) is 6.52. The molecule has 13 heteroatoms. The first kappa shape index (κ1) is 37.9. The fourth-order valence-corrected chi connectivity index (χ4v) is 39.1. The van der Waals surface area contributed by atoms with Gasteiger partial charge >= 0.3 is 42.8 Å². The van der Waals surface area contributed by atoms with Gasteiger partial charge in [-0.2, -0.15) is 0 Å². The van der Waals surface area contributed by atoms with E-state index in [0.717, 1.165) is 24.9 Å². The van der Waals surface area contributed by atoms with Crippen LogP contribution in [0.1, 0.15) is 11.1 Å². The minimum absolute atomic E-state index is 0.832. The molecule has 0 radical (unpaired) electrons. The van der Waals surface area contributed by atoms with Crippen LogP contribution in [0.4, 0.5) is 0 Å². The van der Waals surface area contributed by atoms with Crippen LogP contribution >= 0.6 is 0 Å². The van der Waals surface area contributed by atoms with Gasteiger partial charge in [-0.3, -0.25) is 0 Å². The highest BCUT2D eigenvalue weighted by atomic mass is 28.5. The molecule has 0 aliphatic heterocycles. The van der Waals surface area contributed by atoms with Crippen LogP contribution in [0.15, 0.2) is 60.7 Å². The van der Waals surface area contributed by atoms with E-state index in [1.165, 1.54) is 11.1 Å². The standard InChI is InChI=1S/C29H58O6Si7/c1-36(2)30-38(5,6)32-40(9,10)34-42(13,27-25-29-22-18-15-19-23-29)35-41(11,12)33-39(7,8)31-37(3,4)26-24-28-20-16-14-17-21-28/h14-23,36H,24-27H2,1-13H3. The topological polar surface area (TPSA) is 55.4 Å². The van der Waals surface area contributed by atoms with E-state index in [9.17, 15) is 0 Å².